The smallest absolute Gasteiger partial charge is 0.263 e. The number of amides is 2. The van der Waals surface area contributed by atoms with E-state index in [2.05, 4.69) is 15.6 Å². The first kappa shape index (κ1) is 20.8. The molecule has 2 amide bonds. The van der Waals surface area contributed by atoms with E-state index in [4.69, 9.17) is 16.3 Å². The number of nitrogens with one attached hydrogen (secondary N) is 2. The number of hydrogen-bond donors (Lipinski definition) is 2. The van der Waals surface area contributed by atoms with Gasteiger partial charge in [0, 0.05) is 16.3 Å². The monoisotopic (exact) mass is 429 g/mol. The Labute approximate surface area is 177 Å². The molecule has 1 heterocycles. The molecule has 1 aromatic heterocycles. The number of rotatable bonds is 6. The second kappa shape index (κ2) is 9.07. The van der Waals surface area contributed by atoms with Gasteiger partial charge in [0.2, 0.25) is 5.91 Å². The van der Waals surface area contributed by atoms with Gasteiger partial charge in [0.15, 0.2) is 0 Å². The Bertz CT molecular complexity index is 1050. The van der Waals surface area contributed by atoms with Crippen molar-refractivity contribution in [3.8, 4) is 16.3 Å². The molecule has 8 heteroatoms. The van der Waals surface area contributed by atoms with Gasteiger partial charge in [0.25, 0.3) is 5.91 Å². The van der Waals surface area contributed by atoms with Crippen LogP contribution in [0.5, 0.6) is 5.75 Å². The van der Waals surface area contributed by atoms with Crippen molar-refractivity contribution in [2.75, 3.05) is 19.0 Å². The van der Waals surface area contributed by atoms with E-state index >= 15 is 0 Å². The first-order valence-corrected chi connectivity index (χ1v) is 10.0. The number of anilines is 1. The second-order valence-electron chi connectivity index (χ2n) is 6.31. The molecule has 0 fully saturated rings. The number of hydrogen-bond acceptors (Lipinski definition) is 5. The van der Waals surface area contributed by atoms with Gasteiger partial charge in [-0.05, 0) is 55.8 Å². The summed E-state index contributed by atoms with van der Waals surface area (Å²) in [4.78, 5) is 29.7. The van der Waals surface area contributed by atoms with Crippen LogP contribution in [0.3, 0.4) is 0 Å². The van der Waals surface area contributed by atoms with Crippen molar-refractivity contribution in [2.24, 2.45) is 0 Å². The highest BCUT2D eigenvalue weighted by atomic mass is 35.5. The van der Waals surface area contributed by atoms with Crippen LogP contribution >= 0.6 is 22.9 Å². The van der Waals surface area contributed by atoms with Crippen molar-refractivity contribution in [2.45, 2.75) is 13.8 Å². The molecule has 150 valence electrons. The van der Waals surface area contributed by atoms with Crippen molar-refractivity contribution in [1.82, 2.24) is 10.3 Å². The Morgan fingerprint density at radius 2 is 1.86 bits per heavy atom. The highest BCUT2D eigenvalue weighted by Crippen LogP contribution is 2.29. The van der Waals surface area contributed by atoms with Crippen LogP contribution in [-0.2, 0) is 4.79 Å². The molecule has 3 rings (SSSR count). The van der Waals surface area contributed by atoms with Crippen LogP contribution < -0.4 is 15.4 Å². The fraction of sp³-hybridized carbons (Fsp3) is 0.190. The molecule has 0 spiro atoms. The minimum absolute atomic E-state index is 0.153. The van der Waals surface area contributed by atoms with E-state index < -0.39 is 0 Å². The lowest BCUT2D eigenvalue weighted by atomic mass is 10.2. The SMILES string of the molecule is COc1ccc(-c2nc(C)c(C(=O)NCC(=O)Nc3cccc(Cl)c3C)s2)cc1. The molecule has 0 atom stereocenters. The predicted octanol–water partition coefficient (Wildman–Crippen LogP) is 4.46. The van der Waals surface area contributed by atoms with Gasteiger partial charge < -0.3 is 15.4 Å². The first-order chi connectivity index (χ1) is 13.9. The zero-order valence-electron chi connectivity index (χ0n) is 16.2. The van der Waals surface area contributed by atoms with Crippen molar-refractivity contribution in [3.05, 3.63) is 63.6 Å². The van der Waals surface area contributed by atoms with E-state index in [1.165, 1.54) is 11.3 Å². The second-order valence-corrected chi connectivity index (χ2v) is 7.71. The summed E-state index contributed by atoms with van der Waals surface area (Å²) in [6, 6.07) is 12.7. The molecule has 0 aliphatic heterocycles. The lowest BCUT2D eigenvalue weighted by molar-refractivity contribution is -0.115. The Morgan fingerprint density at radius 1 is 1.14 bits per heavy atom. The number of carbonyl (C=O) groups is 2. The van der Waals surface area contributed by atoms with Crippen molar-refractivity contribution >= 4 is 40.4 Å². The summed E-state index contributed by atoms with van der Waals surface area (Å²) in [6.45, 7) is 3.44. The van der Waals surface area contributed by atoms with Crippen molar-refractivity contribution in [1.29, 1.82) is 0 Å². The van der Waals surface area contributed by atoms with Gasteiger partial charge in [-0.1, -0.05) is 17.7 Å². The molecule has 2 N–H and O–H groups in total. The summed E-state index contributed by atoms with van der Waals surface area (Å²) in [6.07, 6.45) is 0. The number of carbonyl (C=O) groups excluding carboxylic acids is 2. The third-order valence-electron chi connectivity index (χ3n) is 4.29. The lowest BCUT2D eigenvalue weighted by Gasteiger charge is -2.10. The third-order valence-corrected chi connectivity index (χ3v) is 5.91. The highest BCUT2D eigenvalue weighted by molar-refractivity contribution is 7.17. The van der Waals surface area contributed by atoms with Crippen molar-refractivity contribution < 1.29 is 14.3 Å². The minimum Gasteiger partial charge on any atom is -0.497 e. The van der Waals surface area contributed by atoms with Gasteiger partial charge in [0.1, 0.15) is 15.6 Å². The molecule has 0 aliphatic carbocycles. The summed E-state index contributed by atoms with van der Waals surface area (Å²) in [5, 5.41) is 6.69. The molecule has 0 saturated carbocycles. The zero-order valence-corrected chi connectivity index (χ0v) is 17.8. The number of methoxy groups -OCH3 is 1. The highest BCUT2D eigenvalue weighted by Gasteiger charge is 2.17. The molecule has 0 saturated heterocycles. The molecule has 3 aromatic rings. The van der Waals surface area contributed by atoms with Crippen LogP contribution in [0.1, 0.15) is 20.9 Å². The van der Waals surface area contributed by atoms with Gasteiger partial charge in [-0.15, -0.1) is 11.3 Å². The number of aryl methyl sites for hydroxylation is 1. The van der Waals surface area contributed by atoms with Crippen LogP contribution in [-0.4, -0.2) is 30.5 Å². The molecular weight excluding hydrogens is 410 g/mol. The molecule has 0 aliphatic rings. The summed E-state index contributed by atoms with van der Waals surface area (Å²) >= 11 is 7.34. The summed E-state index contributed by atoms with van der Waals surface area (Å²) in [5.74, 6) is 0.0833. The summed E-state index contributed by atoms with van der Waals surface area (Å²) < 4.78 is 5.16. The van der Waals surface area contributed by atoms with Crippen LogP contribution in [0.15, 0.2) is 42.5 Å². The molecule has 0 unspecified atom stereocenters. The van der Waals surface area contributed by atoms with E-state index in [-0.39, 0.29) is 18.4 Å². The molecule has 0 bridgehead atoms. The van der Waals surface area contributed by atoms with Crippen LogP contribution in [0.2, 0.25) is 5.02 Å². The molecular formula is C21H20ClN3O3S. The number of ether oxygens (including phenoxy) is 1. The Hall–Kier alpha value is -2.90. The summed E-state index contributed by atoms with van der Waals surface area (Å²) in [7, 11) is 1.61. The molecule has 29 heavy (non-hydrogen) atoms. The quantitative estimate of drug-likeness (QED) is 0.606. The number of benzene rings is 2. The maximum atomic E-state index is 12.5. The lowest BCUT2D eigenvalue weighted by Crippen LogP contribution is -2.32. The Kier molecular flexibility index (Phi) is 6.51. The van der Waals surface area contributed by atoms with E-state index in [1.54, 1.807) is 32.2 Å². The first-order valence-electron chi connectivity index (χ1n) is 8.84. The normalized spacial score (nSPS) is 10.5. The number of nitrogens with zero attached hydrogens (tertiary/aromatic N) is 1. The average Bonchev–Trinajstić information content (AvgIpc) is 3.11. The molecule has 6 nitrogen and oxygen atoms in total. The van der Waals surface area contributed by atoms with Gasteiger partial charge in [-0.25, -0.2) is 4.98 Å². The number of thiazole rings is 1. The average molecular weight is 430 g/mol. The molecule has 2 aromatic carbocycles. The summed E-state index contributed by atoms with van der Waals surface area (Å²) in [5.41, 5.74) is 2.90. The maximum absolute atomic E-state index is 12.5. The fourth-order valence-electron chi connectivity index (χ4n) is 2.64. The van der Waals surface area contributed by atoms with Crippen molar-refractivity contribution in [3.63, 3.8) is 0 Å². The van der Waals surface area contributed by atoms with Gasteiger partial charge >= 0.3 is 0 Å². The minimum atomic E-state index is -0.335. The third kappa shape index (κ3) is 4.93. The van der Waals surface area contributed by atoms with E-state index in [0.717, 1.165) is 21.9 Å². The maximum Gasteiger partial charge on any atom is 0.263 e. The van der Waals surface area contributed by atoms with Gasteiger partial charge in [0.05, 0.1) is 19.3 Å². The standard InChI is InChI=1S/C21H20ClN3O3S/c1-12-16(22)5-4-6-17(12)25-18(26)11-23-20(27)19-13(2)24-21(29-19)14-7-9-15(28-3)10-8-14/h4-10H,11H2,1-3H3,(H,23,27)(H,25,26). The van der Waals surface area contributed by atoms with Crippen LogP contribution in [0, 0.1) is 13.8 Å². The predicted molar refractivity (Wildman–Crippen MR) is 116 cm³/mol. The topological polar surface area (TPSA) is 80.3 Å². The number of halogens is 1. The largest absolute Gasteiger partial charge is 0.497 e. The Balaban J connectivity index is 1.64. The molecule has 0 radical (unpaired) electrons. The van der Waals surface area contributed by atoms with Crippen LogP contribution in [0.4, 0.5) is 5.69 Å². The van der Waals surface area contributed by atoms with Gasteiger partial charge in [-0.2, -0.15) is 0 Å². The van der Waals surface area contributed by atoms with E-state index in [1.807, 2.05) is 31.2 Å². The Morgan fingerprint density at radius 3 is 2.55 bits per heavy atom. The zero-order chi connectivity index (χ0) is 21.0. The fourth-order valence-corrected chi connectivity index (χ4v) is 3.80. The van der Waals surface area contributed by atoms with E-state index in [0.29, 0.717) is 21.3 Å². The number of aromatic nitrogens is 1. The van der Waals surface area contributed by atoms with E-state index in [9.17, 15) is 9.59 Å². The van der Waals surface area contributed by atoms with Gasteiger partial charge in [-0.3, -0.25) is 9.59 Å². The van der Waals surface area contributed by atoms with Crippen LogP contribution in [0.25, 0.3) is 10.6 Å².